The summed E-state index contributed by atoms with van der Waals surface area (Å²) in [6.45, 7) is 0.711. The van der Waals surface area contributed by atoms with Gasteiger partial charge in [0.25, 0.3) is 5.91 Å². The van der Waals surface area contributed by atoms with E-state index in [0.717, 1.165) is 10.0 Å². The molecule has 0 aliphatic carbocycles. The third-order valence-electron chi connectivity index (χ3n) is 3.24. The van der Waals surface area contributed by atoms with Gasteiger partial charge in [-0.25, -0.2) is 4.68 Å². The number of halogens is 1. The molecule has 8 heteroatoms. The predicted octanol–water partition coefficient (Wildman–Crippen LogP) is 2.19. The quantitative estimate of drug-likeness (QED) is 0.711. The molecule has 0 radical (unpaired) electrons. The minimum absolute atomic E-state index is 0.105. The van der Waals surface area contributed by atoms with Crippen molar-refractivity contribution in [3.05, 3.63) is 64.2 Å². The predicted molar refractivity (Wildman–Crippen MR) is 87.6 cm³/mol. The molecule has 3 rings (SSSR count). The van der Waals surface area contributed by atoms with E-state index in [4.69, 9.17) is 10.2 Å². The van der Waals surface area contributed by atoms with E-state index in [0.29, 0.717) is 12.3 Å². The van der Waals surface area contributed by atoms with Crippen LogP contribution in [0.25, 0.3) is 0 Å². The van der Waals surface area contributed by atoms with Crippen LogP contribution in [0.1, 0.15) is 21.8 Å². The van der Waals surface area contributed by atoms with Crippen LogP contribution in [-0.4, -0.2) is 20.9 Å². The molecule has 0 aliphatic rings. The lowest BCUT2D eigenvalue weighted by Crippen LogP contribution is -2.24. The highest BCUT2D eigenvalue weighted by molar-refractivity contribution is 9.10. The van der Waals surface area contributed by atoms with Gasteiger partial charge in [0, 0.05) is 4.47 Å². The van der Waals surface area contributed by atoms with Crippen molar-refractivity contribution in [3.63, 3.8) is 0 Å². The van der Waals surface area contributed by atoms with Crippen molar-refractivity contribution < 1.29 is 9.21 Å². The average molecular weight is 376 g/mol. The van der Waals surface area contributed by atoms with Gasteiger partial charge in [-0.15, -0.1) is 5.10 Å². The Labute approximate surface area is 140 Å². The molecule has 2 heterocycles. The molecule has 0 spiro atoms. The fourth-order valence-corrected chi connectivity index (χ4v) is 2.29. The number of benzene rings is 1. The monoisotopic (exact) mass is 375 g/mol. The molecular formula is C15H14BrN5O2. The van der Waals surface area contributed by atoms with Crippen molar-refractivity contribution in [2.45, 2.75) is 13.1 Å². The molecule has 3 aromatic rings. The normalized spacial score (nSPS) is 10.7. The molecule has 23 heavy (non-hydrogen) atoms. The summed E-state index contributed by atoms with van der Waals surface area (Å²) in [4.78, 5) is 12.1. The van der Waals surface area contributed by atoms with Crippen molar-refractivity contribution in [1.82, 2.24) is 20.3 Å². The van der Waals surface area contributed by atoms with E-state index >= 15 is 0 Å². The smallest absolute Gasteiger partial charge is 0.276 e. The number of nitrogen functional groups attached to an aromatic ring is 1. The van der Waals surface area contributed by atoms with Gasteiger partial charge in [-0.05, 0) is 29.8 Å². The maximum atomic E-state index is 12.1. The first-order valence-electron chi connectivity index (χ1n) is 6.87. The number of hydrogen-bond acceptors (Lipinski definition) is 5. The van der Waals surface area contributed by atoms with Crippen LogP contribution in [-0.2, 0) is 13.1 Å². The fourth-order valence-electron chi connectivity index (χ4n) is 2.03. The molecule has 1 amide bonds. The number of nitrogens with one attached hydrogen (secondary N) is 1. The molecule has 0 saturated carbocycles. The Morgan fingerprint density at radius 1 is 1.30 bits per heavy atom. The maximum absolute atomic E-state index is 12.1. The molecule has 0 fully saturated rings. The number of anilines is 1. The number of rotatable bonds is 5. The van der Waals surface area contributed by atoms with Crippen LogP contribution in [0.4, 0.5) is 5.82 Å². The molecule has 0 saturated heterocycles. The zero-order chi connectivity index (χ0) is 16.2. The summed E-state index contributed by atoms with van der Waals surface area (Å²) in [5.41, 5.74) is 7.09. The minimum Gasteiger partial charge on any atom is -0.467 e. The summed E-state index contributed by atoms with van der Waals surface area (Å²) in [5, 5.41) is 10.5. The molecule has 0 aliphatic heterocycles. The third-order valence-corrected chi connectivity index (χ3v) is 3.77. The summed E-state index contributed by atoms with van der Waals surface area (Å²) in [5.74, 6) is 0.491. The number of hydrogen-bond donors (Lipinski definition) is 2. The second-order valence-electron chi connectivity index (χ2n) is 4.87. The third kappa shape index (κ3) is 3.59. The molecule has 118 valence electrons. The standard InChI is InChI=1S/C15H14BrN5O2/c16-11-5-3-10(4-6-11)9-21-14(17)13(19-20-21)15(22)18-8-12-2-1-7-23-12/h1-7H,8-9,17H2,(H,18,22). The van der Waals surface area contributed by atoms with Crippen LogP contribution in [0.3, 0.4) is 0 Å². The fraction of sp³-hybridized carbons (Fsp3) is 0.133. The van der Waals surface area contributed by atoms with Gasteiger partial charge in [-0.3, -0.25) is 4.79 Å². The van der Waals surface area contributed by atoms with Gasteiger partial charge in [-0.1, -0.05) is 33.3 Å². The van der Waals surface area contributed by atoms with Crippen molar-refractivity contribution in [3.8, 4) is 0 Å². The van der Waals surface area contributed by atoms with Crippen LogP contribution in [0.2, 0.25) is 0 Å². The van der Waals surface area contributed by atoms with Gasteiger partial charge >= 0.3 is 0 Å². The van der Waals surface area contributed by atoms with Crippen LogP contribution >= 0.6 is 15.9 Å². The Morgan fingerprint density at radius 3 is 2.78 bits per heavy atom. The molecular weight excluding hydrogens is 362 g/mol. The molecule has 0 unspecified atom stereocenters. The summed E-state index contributed by atoms with van der Waals surface area (Å²) in [6, 6.07) is 11.3. The molecule has 0 bridgehead atoms. The number of amides is 1. The lowest BCUT2D eigenvalue weighted by atomic mass is 10.2. The van der Waals surface area contributed by atoms with Gasteiger partial charge < -0.3 is 15.5 Å². The SMILES string of the molecule is Nc1c(C(=O)NCc2ccco2)nnn1Cc1ccc(Br)cc1. The zero-order valence-corrected chi connectivity index (χ0v) is 13.7. The summed E-state index contributed by atoms with van der Waals surface area (Å²) < 4.78 is 7.64. The Hall–Kier alpha value is -2.61. The summed E-state index contributed by atoms with van der Waals surface area (Å²) in [7, 11) is 0. The Morgan fingerprint density at radius 2 is 2.09 bits per heavy atom. The highest BCUT2D eigenvalue weighted by Crippen LogP contribution is 2.14. The Bertz CT molecular complexity index is 796. The van der Waals surface area contributed by atoms with Crippen LogP contribution in [0.5, 0.6) is 0 Å². The lowest BCUT2D eigenvalue weighted by Gasteiger charge is -2.04. The Kier molecular flexibility index (Phi) is 4.42. The lowest BCUT2D eigenvalue weighted by molar-refractivity contribution is 0.0944. The second kappa shape index (κ2) is 6.66. The number of furan rings is 1. The van der Waals surface area contributed by atoms with Gasteiger partial charge in [0.15, 0.2) is 11.5 Å². The largest absolute Gasteiger partial charge is 0.467 e. The topological polar surface area (TPSA) is 99.0 Å². The number of carbonyl (C=O) groups is 1. The zero-order valence-electron chi connectivity index (χ0n) is 12.1. The van der Waals surface area contributed by atoms with E-state index in [-0.39, 0.29) is 24.0 Å². The maximum Gasteiger partial charge on any atom is 0.276 e. The van der Waals surface area contributed by atoms with Crippen molar-refractivity contribution >= 4 is 27.7 Å². The molecule has 1 aromatic carbocycles. The number of carbonyl (C=O) groups excluding carboxylic acids is 1. The van der Waals surface area contributed by atoms with Crippen molar-refractivity contribution in [2.75, 3.05) is 5.73 Å². The summed E-state index contributed by atoms with van der Waals surface area (Å²) in [6.07, 6.45) is 1.55. The number of nitrogens with two attached hydrogens (primary N) is 1. The highest BCUT2D eigenvalue weighted by atomic mass is 79.9. The second-order valence-corrected chi connectivity index (χ2v) is 5.79. The first-order valence-corrected chi connectivity index (χ1v) is 7.67. The van der Waals surface area contributed by atoms with Crippen LogP contribution < -0.4 is 11.1 Å². The minimum atomic E-state index is -0.388. The van der Waals surface area contributed by atoms with Gasteiger partial charge in [0.1, 0.15) is 5.76 Å². The molecule has 0 atom stereocenters. The van der Waals surface area contributed by atoms with E-state index in [9.17, 15) is 4.79 Å². The molecule has 3 N–H and O–H groups in total. The van der Waals surface area contributed by atoms with E-state index in [1.54, 1.807) is 18.4 Å². The highest BCUT2D eigenvalue weighted by Gasteiger charge is 2.17. The number of aromatic nitrogens is 3. The van der Waals surface area contributed by atoms with Crippen molar-refractivity contribution in [2.24, 2.45) is 0 Å². The van der Waals surface area contributed by atoms with Crippen LogP contribution in [0.15, 0.2) is 51.6 Å². The van der Waals surface area contributed by atoms with E-state index in [1.165, 1.54) is 4.68 Å². The summed E-state index contributed by atoms with van der Waals surface area (Å²) >= 11 is 3.38. The van der Waals surface area contributed by atoms with E-state index in [2.05, 4.69) is 31.6 Å². The first-order chi connectivity index (χ1) is 11.1. The van der Waals surface area contributed by atoms with Crippen molar-refractivity contribution in [1.29, 1.82) is 0 Å². The number of nitrogens with zero attached hydrogens (tertiary/aromatic N) is 3. The van der Waals surface area contributed by atoms with Crippen LogP contribution in [0, 0.1) is 0 Å². The Balaban J connectivity index is 1.68. The van der Waals surface area contributed by atoms with E-state index < -0.39 is 0 Å². The van der Waals surface area contributed by atoms with Gasteiger partial charge in [-0.2, -0.15) is 0 Å². The molecule has 7 nitrogen and oxygen atoms in total. The molecule has 2 aromatic heterocycles. The van der Waals surface area contributed by atoms with E-state index in [1.807, 2.05) is 24.3 Å². The average Bonchev–Trinajstić information content (AvgIpc) is 3.18. The van der Waals surface area contributed by atoms with Gasteiger partial charge in [0.2, 0.25) is 0 Å². The van der Waals surface area contributed by atoms with Gasteiger partial charge in [0.05, 0.1) is 19.4 Å². The first kappa shape index (κ1) is 15.3.